The van der Waals surface area contributed by atoms with Gasteiger partial charge < -0.3 is 9.51 Å². The van der Waals surface area contributed by atoms with Crippen LogP contribution in [0.25, 0.3) is 11.6 Å². The van der Waals surface area contributed by atoms with Crippen LogP contribution in [0.15, 0.2) is 10.7 Å². The van der Waals surface area contributed by atoms with E-state index in [9.17, 15) is 0 Å². The van der Waals surface area contributed by atoms with E-state index in [1.807, 2.05) is 13.2 Å². The van der Waals surface area contributed by atoms with Gasteiger partial charge in [0.05, 0.1) is 5.25 Å². The number of thioether (sulfide) groups is 1. The molecule has 0 saturated heterocycles. The monoisotopic (exact) mass is 238 g/mol. The van der Waals surface area contributed by atoms with Crippen LogP contribution in [0.3, 0.4) is 0 Å². The van der Waals surface area contributed by atoms with E-state index >= 15 is 0 Å². The molecule has 2 rings (SSSR count). The lowest BCUT2D eigenvalue weighted by Gasteiger charge is -2.03. The molecular weight excluding hydrogens is 224 g/mol. The van der Waals surface area contributed by atoms with Crippen LogP contribution >= 0.6 is 11.8 Å². The summed E-state index contributed by atoms with van der Waals surface area (Å²) in [6, 6.07) is 0. The molecule has 2 aromatic rings. The lowest BCUT2D eigenvalue weighted by atomic mass is 10.3. The van der Waals surface area contributed by atoms with Gasteiger partial charge >= 0.3 is 0 Å². The van der Waals surface area contributed by atoms with Gasteiger partial charge in [0.25, 0.3) is 0 Å². The highest BCUT2D eigenvalue weighted by molar-refractivity contribution is 7.98. The van der Waals surface area contributed by atoms with E-state index in [2.05, 4.69) is 27.0 Å². The quantitative estimate of drug-likeness (QED) is 0.886. The summed E-state index contributed by atoms with van der Waals surface area (Å²) >= 11 is 1.71. The molecule has 0 aliphatic carbocycles. The van der Waals surface area contributed by atoms with E-state index in [4.69, 9.17) is 4.52 Å². The zero-order chi connectivity index (χ0) is 11.5. The molecule has 86 valence electrons. The second-order valence-corrected chi connectivity index (χ2v) is 4.54. The molecule has 0 aromatic carbocycles. The lowest BCUT2D eigenvalue weighted by molar-refractivity contribution is 0.375. The zero-order valence-corrected chi connectivity index (χ0v) is 10.3. The molecule has 0 amide bonds. The third-order valence-electron chi connectivity index (χ3n) is 2.29. The second-order valence-electron chi connectivity index (χ2n) is 3.50. The van der Waals surface area contributed by atoms with Crippen molar-refractivity contribution in [3.63, 3.8) is 0 Å². The maximum absolute atomic E-state index is 5.23. The second kappa shape index (κ2) is 4.69. The maximum atomic E-state index is 5.23. The number of imidazole rings is 1. The normalized spacial score (nSPS) is 12.9. The Morgan fingerprint density at radius 3 is 2.94 bits per heavy atom. The molecule has 5 nitrogen and oxygen atoms in total. The van der Waals surface area contributed by atoms with Crippen molar-refractivity contribution in [3.8, 4) is 11.6 Å². The first-order chi connectivity index (χ1) is 7.74. The van der Waals surface area contributed by atoms with Gasteiger partial charge in [-0.1, -0.05) is 12.1 Å². The van der Waals surface area contributed by atoms with Crippen molar-refractivity contribution in [2.75, 3.05) is 6.26 Å². The number of rotatable bonds is 4. The molecule has 0 spiro atoms. The highest BCUT2D eigenvalue weighted by Gasteiger charge is 2.17. The van der Waals surface area contributed by atoms with Crippen LogP contribution in [0.4, 0.5) is 0 Å². The van der Waals surface area contributed by atoms with Gasteiger partial charge in [0.1, 0.15) is 0 Å². The third-order valence-corrected chi connectivity index (χ3v) is 3.39. The molecular formula is C10H14N4OS. The molecule has 6 heteroatoms. The van der Waals surface area contributed by atoms with Crippen LogP contribution < -0.4 is 0 Å². The van der Waals surface area contributed by atoms with Crippen LogP contribution in [-0.2, 0) is 0 Å². The van der Waals surface area contributed by atoms with Crippen molar-refractivity contribution >= 4 is 11.8 Å². The number of nitrogens with one attached hydrogen (secondary N) is 1. The number of hydrogen-bond acceptors (Lipinski definition) is 5. The van der Waals surface area contributed by atoms with Gasteiger partial charge in [-0.05, 0) is 19.6 Å². The fourth-order valence-corrected chi connectivity index (χ4v) is 2.06. The zero-order valence-electron chi connectivity index (χ0n) is 9.52. The number of aromatic nitrogens is 4. The summed E-state index contributed by atoms with van der Waals surface area (Å²) in [4.78, 5) is 11.6. The number of aryl methyl sites for hydroxylation is 1. The average molecular weight is 238 g/mol. The van der Waals surface area contributed by atoms with Gasteiger partial charge in [-0.3, -0.25) is 0 Å². The summed E-state index contributed by atoms with van der Waals surface area (Å²) in [6.45, 7) is 4.04. The molecule has 0 saturated carbocycles. The Kier molecular flexibility index (Phi) is 3.28. The predicted molar refractivity (Wildman–Crippen MR) is 63.2 cm³/mol. The fourth-order valence-electron chi connectivity index (χ4n) is 1.43. The molecule has 16 heavy (non-hydrogen) atoms. The first-order valence-corrected chi connectivity index (χ1v) is 6.41. The van der Waals surface area contributed by atoms with Crippen molar-refractivity contribution in [3.05, 3.63) is 17.8 Å². The van der Waals surface area contributed by atoms with Gasteiger partial charge in [0.2, 0.25) is 11.7 Å². The Hall–Kier alpha value is -1.30. The van der Waals surface area contributed by atoms with E-state index in [1.165, 1.54) is 0 Å². The predicted octanol–water partition coefficient (Wildman–Crippen LogP) is 2.58. The molecule has 0 aliphatic heterocycles. The van der Waals surface area contributed by atoms with Crippen molar-refractivity contribution < 1.29 is 4.52 Å². The van der Waals surface area contributed by atoms with E-state index < -0.39 is 0 Å². The van der Waals surface area contributed by atoms with Crippen LogP contribution in [0, 0.1) is 6.92 Å². The summed E-state index contributed by atoms with van der Waals surface area (Å²) in [5, 5.41) is 4.18. The number of H-pyrrole nitrogens is 1. The highest BCUT2D eigenvalue weighted by atomic mass is 32.2. The van der Waals surface area contributed by atoms with Crippen molar-refractivity contribution in [1.29, 1.82) is 0 Å². The minimum Gasteiger partial charge on any atom is -0.339 e. The Morgan fingerprint density at radius 2 is 2.38 bits per heavy atom. The molecule has 2 heterocycles. The summed E-state index contributed by atoms with van der Waals surface area (Å²) in [5.74, 6) is 1.85. The summed E-state index contributed by atoms with van der Waals surface area (Å²) in [6.07, 6.45) is 4.76. The standard InChI is InChI=1S/C10H14N4OS/c1-4-7(16-3)10-13-9(14-15-10)8-11-5-6(2)12-8/h5,7H,4H2,1-3H3,(H,11,12). The maximum Gasteiger partial charge on any atom is 0.240 e. The molecule has 0 aliphatic rings. The van der Waals surface area contributed by atoms with Crippen LogP contribution in [0.2, 0.25) is 0 Å². The smallest absolute Gasteiger partial charge is 0.240 e. The summed E-state index contributed by atoms with van der Waals surface area (Å²) < 4.78 is 5.23. The minimum atomic E-state index is 0.261. The average Bonchev–Trinajstić information content (AvgIpc) is 2.89. The number of nitrogens with zero attached hydrogens (tertiary/aromatic N) is 3. The molecule has 1 unspecified atom stereocenters. The van der Waals surface area contributed by atoms with Gasteiger partial charge in [-0.2, -0.15) is 16.7 Å². The molecule has 0 radical (unpaired) electrons. The number of hydrogen-bond donors (Lipinski definition) is 1. The first-order valence-electron chi connectivity index (χ1n) is 5.13. The number of aromatic amines is 1. The molecule has 1 N–H and O–H groups in total. The third kappa shape index (κ3) is 2.11. The van der Waals surface area contributed by atoms with E-state index in [-0.39, 0.29) is 5.25 Å². The highest BCUT2D eigenvalue weighted by Crippen LogP contribution is 2.29. The van der Waals surface area contributed by atoms with E-state index in [0.29, 0.717) is 17.5 Å². The molecule has 1 atom stereocenters. The van der Waals surface area contributed by atoms with Crippen molar-refractivity contribution in [2.24, 2.45) is 0 Å². The minimum absolute atomic E-state index is 0.261. The fraction of sp³-hybridized carbons (Fsp3) is 0.500. The summed E-state index contributed by atoms with van der Waals surface area (Å²) in [7, 11) is 0. The van der Waals surface area contributed by atoms with Gasteiger partial charge in [-0.15, -0.1) is 0 Å². The van der Waals surface area contributed by atoms with Gasteiger partial charge in [0, 0.05) is 11.9 Å². The van der Waals surface area contributed by atoms with Crippen LogP contribution in [-0.4, -0.2) is 26.4 Å². The van der Waals surface area contributed by atoms with Crippen LogP contribution in [0.1, 0.15) is 30.2 Å². The SMILES string of the molecule is CCC(SC)c1nc(-c2ncc(C)[nH]2)no1. The van der Waals surface area contributed by atoms with Crippen molar-refractivity contribution in [2.45, 2.75) is 25.5 Å². The van der Waals surface area contributed by atoms with Crippen LogP contribution in [0.5, 0.6) is 0 Å². The van der Waals surface area contributed by atoms with Gasteiger partial charge in [0.15, 0.2) is 5.82 Å². The Bertz CT molecular complexity index is 461. The molecule has 0 fully saturated rings. The Balaban J connectivity index is 2.25. The topological polar surface area (TPSA) is 67.6 Å². The largest absolute Gasteiger partial charge is 0.339 e. The lowest BCUT2D eigenvalue weighted by Crippen LogP contribution is -1.91. The van der Waals surface area contributed by atoms with E-state index in [0.717, 1.165) is 12.1 Å². The Labute approximate surface area is 98.1 Å². The molecule has 2 aromatic heterocycles. The van der Waals surface area contributed by atoms with Gasteiger partial charge in [-0.25, -0.2) is 4.98 Å². The summed E-state index contributed by atoms with van der Waals surface area (Å²) in [5.41, 5.74) is 0.984. The van der Waals surface area contributed by atoms with Crippen molar-refractivity contribution in [1.82, 2.24) is 20.1 Å². The first kappa shape index (κ1) is 11.2. The molecule has 0 bridgehead atoms. The Morgan fingerprint density at radius 1 is 1.56 bits per heavy atom. The van der Waals surface area contributed by atoms with E-state index in [1.54, 1.807) is 18.0 Å².